The number of esters is 1. The summed E-state index contributed by atoms with van der Waals surface area (Å²) in [6, 6.07) is 0. The van der Waals surface area contributed by atoms with Crippen molar-refractivity contribution < 1.29 is 111 Å². The van der Waals surface area contributed by atoms with Crippen LogP contribution in [0.25, 0.3) is 0 Å². The van der Waals surface area contributed by atoms with Crippen LogP contribution in [0.1, 0.15) is 91.4 Å². The molecule has 0 saturated carbocycles. The van der Waals surface area contributed by atoms with Gasteiger partial charge in [-0.25, -0.2) is 4.79 Å². The van der Waals surface area contributed by atoms with Gasteiger partial charge >= 0.3 is 18.0 Å². The van der Waals surface area contributed by atoms with Gasteiger partial charge in [0.25, 0.3) is 11.8 Å². The standard InChI is InChI=1S/C29H47N3O12.C11H21NO7.C7H16O4/c1-3-23(20-33)44-29(40-2)21-43-28(39)8-4-7-24(35)30-13-14-31-25(36)12-17-42-19-18-41-16-5-6-22(34)11-15-32-26(37)9-10-27(32)38;1-3-8(6-13)19-10(17-2)7-18-11(16)12-5-4-9(14)15;1-3-6(4-8)11-7(5-9)10-2/h9-10,23,29,33H,3-8,11-21H2,1-2H3,(H,30,35)(H,31,36);8,10,13H,3-7H2,1-2H3,(H,12,16)(H,14,15);6-9H,3-5H2,1-2H3. The van der Waals surface area contributed by atoms with Crippen molar-refractivity contribution in [1.29, 1.82) is 0 Å². The summed E-state index contributed by atoms with van der Waals surface area (Å²) in [6.45, 7) is 6.51. The minimum atomic E-state index is -1.01. The molecular formula is C47H84N4O23. The van der Waals surface area contributed by atoms with E-state index in [0.717, 1.165) is 4.90 Å². The first-order chi connectivity index (χ1) is 35.5. The Hall–Kier alpha value is -4.78. The van der Waals surface area contributed by atoms with E-state index in [0.29, 0.717) is 58.3 Å². The van der Waals surface area contributed by atoms with Crippen LogP contribution in [0.15, 0.2) is 12.2 Å². The Kier molecular flexibility index (Phi) is 46.1. The van der Waals surface area contributed by atoms with E-state index in [1.54, 1.807) is 0 Å². The first kappa shape index (κ1) is 71.3. The molecule has 1 rings (SSSR count). The van der Waals surface area contributed by atoms with Crippen LogP contribution in [0.3, 0.4) is 0 Å². The fourth-order valence-corrected chi connectivity index (χ4v) is 5.49. The highest BCUT2D eigenvalue weighted by molar-refractivity contribution is 6.13. The Bertz CT molecular complexity index is 1530. The lowest BCUT2D eigenvalue weighted by Gasteiger charge is -2.21. The average molecular weight is 1070 g/mol. The summed E-state index contributed by atoms with van der Waals surface area (Å²) in [5.41, 5.74) is 0. The highest BCUT2D eigenvalue weighted by Gasteiger charge is 2.24. The number of alkyl carbamates (subject to hydrolysis) is 1. The van der Waals surface area contributed by atoms with E-state index in [2.05, 4.69) is 16.0 Å². The Morgan fingerprint density at radius 1 is 0.541 bits per heavy atom. The maximum absolute atomic E-state index is 11.9. The molecule has 6 atom stereocenters. The maximum atomic E-state index is 11.9. The van der Waals surface area contributed by atoms with Gasteiger partial charge in [0.05, 0.1) is 71.0 Å². The average Bonchev–Trinajstić information content (AvgIpc) is 3.72. The van der Waals surface area contributed by atoms with E-state index in [-0.39, 0.29) is 134 Å². The van der Waals surface area contributed by atoms with Crippen molar-refractivity contribution in [3.05, 3.63) is 12.2 Å². The monoisotopic (exact) mass is 1070 g/mol. The number of carbonyl (C=O) groups excluding carboxylic acids is 7. The van der Waals surface area contributed by atoms with Crippen LogP contribution in [0, 0.1) is 0 Å². The number of rotatable bonds is 43. The zero-order chi connectivity index (χ0) is 55.9. The smallest absolute Gasteiger partial charge is 0.407 e. The number of ketones is 1. The van der Waals surface area contributed by atoms with Crippen LogP contribution < -0.4 is 16.0 Å². The number of carboxylic acids is 1. The van der Waals surface area contributed by atoms with E-state index >= 15 is 0 Å². The normalized spacial score (nSPS) is 14.3. The summed E-state index contributed by atoms with van der Waals surface area (Å²) in [5, 5.41) is 51.5. The van der Waals surface area contributed by atoms with Crippen molar-refractivity contribution in [2.24, 2.45) is 0 Å². The van der Waals surface area contributed by atoms with Gasteiger partial charge in [0.2, 0.25) is 11.8 Å². The lowest BCUT2D eigenvalue weighted by Crippen LogP contribution is -2.35. The van der Waals surface area contributed by atoms with Gasteiger partial charge in [-0.15, -0.1) is 0 Å². The number of Topliss-reactive ketones (excluding diaryl/α,β-unsaturated/α-hetero) is 1. The van der Waals surface area contributed by atoms with Crippen molar-refractivity contribution in [2.75, 3.05) is 114 Å². The molecule has 1 heterocycles. The Balaban J connectivity index is 0. The van der Waals surface area contributed by atoms with Gasteiger partial charge < -0.3 is 88.9 Å². The van der Waals surface area contributed by atoms with Gasteiger partial charge in [-0.05, 0) is 32.1 Å². The van der Waals surface area contributed by atoms with Crippen molar-refractivity contribution in [3.8, 4) is 0 Å². The number of hydrogen-bond donors (Lipinski definition) is 8. The molecule has 1 aliphatic heterocycles. The SMILES string of the molecule is CCC(CO)OC(CO)OC.CCC(CO)OC(COC(=O)CCCC(=O)NCCNC(=O)CCOCCOCCCC(=O)CCN1C(=O)C=CC1=O)OC.CCC(CO)OC(COC(=O)NCCC(=O)O)OC. The molecule has 0 aromatic rings. The Morgan fingerprint density at radius 3 is 1.50 bits per heavy atom. The lowest BCUT2D eigenvalue weighted by molar-refractivity contribution is -0.194. The second-order valence-electron chi connectivity index (χ2n) is 15.7. The number of ether oxygens (including phenoxy) is 10. The topological polar surface area (TPSA) is 369 Å². The van der Waals surface area contributed by atoms with Gasteiger partial charge in [-0.1, -0.05) is 20.8 Å². The number of aliphatic hydroxyl groups excluding tert-OH is 4. The predicted molar refractivity (Wildman–Crippen MR) is 260 cm³/mol. The molecule has 0 radical (unpaired) electrons. The highest BCUT2D eigenvalue weighted by Crippen LogP contribution is 2.08. The summed E-state index contributed by atoms with van der Waals surface area (Å²) in [4.78, 5) is 92.9. The van der Waals surface area contributed by atoms with Gasteiger partial charge in [-0.2, -0.15) is 0 Å². The van der Waals surface area contributed by atoms with Crippen molar-refractivity contribution in [2.45, 2.75) is 129 Å². The number of amides is 5. The Morgan fingerprint density at radius 2 is 1.03 bits per heavy atom. The third kappa shape index (κ3) is 39.7. The molecule has 0 aromatic heterocycles. The molecule has 5 amide bonds. The fourth-order valence-electron chi connectivity index (χ4n) is 5.49. The fraction of sp³-hybridized carbons (Fsp3) is 0.787. The van der Waals surface area contributed by atoms with E-state index < -0.39 is 54.8 Å². The molecule has 8 N–H and O–H groups in total. The molecule has 27 heteroatoms. The molecule has 0 fully saturated rings. The summed E-state index contributed by atoms with van der Waals surface area (Å²) in [5.74, 6) is -2.82. The van der Waals surface area contributed by atoms with E-state index in [1.165, 1.54) is 33.5 Å². The van der Waals surface area contributed by atoms with Crippen LogP contribution >= 0.6 is 0 Å². The van der Waals surface area contributed by atoms with Crippen LogP contribution in [-0.2, 0) is 80.9 Å². The highest BCUT2D eigenvalue weighted by atomic mass is 16.7. The van der Waals surface area contributed by atoms with E-state index in [4.69, 9.17) is 67.8 Å². The zero-order valence-corrected chi connectivity index (χ0v) is 43.8. The van der Waals surface area contributed by atoms with Gasteiger partial charge in [0.15, 0.2) is 18.9 Å². The molecule has 1 aliphatic rings. The van der Waals surface area contributed by atoms with E-state index in [1.807, 2.05) is 20.8 Å². The molecule has 0 saturated heterocycles. The molecule has 74 heavy (non-hydrogen) atoms. The van der Waals surface area contributed by atoms with Crippen molar-refractivity contribution in [1.82, 2.24) is 20.9 Å². The minimum absolute atomic E-state index is 0.0130. The number of methoxy groups -OCH3 is 3. The largest absolute Gasteiger partial charge is 0.481 e. The minimum Gasteiger partial charge on any atom is -0.481 e. The number of imide groups is 1. The molecule has 0 spiro atoms. The molecule has 6 unspecified atom stereocenters. The summed E-state index contributed by atoms with van der Waals surface area (Å²) in [6.07, 6.45) is 1.67. The number of aliphatic hydroxyl groups is 4. The maximum Gasteiger partial charge on any atom is 0.407 e. The first-order valence-corrected chi connectivity index (χ1v) is 24.5. The number of carbonyl (C=O) groups is 8. The van der Waals surface area contributed by atoms with Crippen LogP contribution in [0.4, 0.5) is 4.79 Å². The number of hydrogen-bond acceptors (Lipinski definition) is 22. The summed E-state index contributed by atoms with van der Waals surface area (Å²) in [7, 11) is 4.25. The summed E-state index contributed by atoms with van der Waals surface area (Å²) < 4.78 is 51.3. The van der Waals surface area contributed by atoms with Crippen LogP contribution in [0.2, 0.25) is 0 Å². The molecular weight excluding hydrogens is 989 g/mol. The summed E-state index contributed by atoms with van der Waals surface area (Å²) >= 11 is 0. The molecule has 0 bridgehead atoms. The zero-order valence-electron chi connectivity index (χ0n) is 43.8. The first-order valence-electron chi connectivity index (χ1n) is 24.5. The van der Waals surface area contributed by atoms with Gasteiger partial charge in [0, 0.05) is 98.4 Å². The Labute approximate surface area is 433 Å². The van der Waals surface area contributed by atoms with Crippen molar-refractivity contribution in [3.63, 3.8) is 0 Å². The predicted octanol–water partition coefficient (Wildman–Crippen LogP) is -0.534. The third-order valence-corrected chi connectivity index (χ3v) is 9.95. The van der Waals surface area contributed by atoms with Crippen molar-refractivity contribution >= 4 is 47.4 Å². The number of nitrogens with zero attached hydrogens (tertiary/aromatic N) is 1. The van der Waals surface area contributed by atoms with Gasteiger partial charge in [-0.3, -0.25) is 38.5 Å². The van der Waals surface area contributed by atoms with E-state index in [9.17, 15) is 43.5 Å². The molecule has 27 nitrogen and oxygen atoms in total. The van der Waals surface area contributed by atoms with Crippen LogP contribution in [0.5, 0.6) is 0 Å². The molecule has 0 aliphatic carbocycles. The quantitative estimate of drug-likeness (QED) is 0.0165. The second-order valence-corrected chi connectivity index (χ2v) is 15.7. The third-order valence-electron chi connectivity index (χ3n) is 9.95. The lowest BCUT2D eigenvalue weighted by atomic mass is 10.1. The number of carboxylic acid groups (broad SMARTS) is 1. The van der Waals surface area contributed by atoms with Gasteiger partial charge in [0.1, 0.15) is 19.0 Å². The number of nitrogens with one attached hydrogen (secondary N) is 3. The molecule has 0 aromatic carbocycles. The number of aliphatic carboxylic acids is 1. The second kappa shape index (κ2) is 47.9. The molecule has 430 valence electrons. The van der Waals surface area contributed by atoms with Crippen LogP contribution in [-0.4, -0.2) is 229 Å².